The molecule has 0 radical (unpaired) electrons. The number of ether oxygens (including phenoxy) is 2. The van der Waals surface area contributed by atoms with Gasteiger partial charge >= 0.3 is 5.97 Å². The third-order valence-electron chi connectivity index (χ3n) is 6.78. The van der Waals surface area contributed by atoms with Crippen molar-refractivity contribution in [1.82, 2.24) is 19.4 Å². The predicted molar refractivity (Wildman–Crippen MR) is 166 cm³/mol. The van der Waals surface area contributed by atoms with E-state index in [4.69, 9.17) is 25.9 Å². The number of amides is 1. The number of rotatable bonds is 11. The number of hydrogen-bond acceptors (Lipinski definition) is 10. The van der Waals surface area contributed by atoms with Gasteiger partial charge in [-0.3, -0.25) is 4.79 Å². The van der Waals surface area contributed by atoms with Crippen LogP contribution in [-0.2, 0) is 11.8 Å². The van der Waals surface area contributed by atoms with Gasteiger partial charge in [-0.25, -0.2) is 14.8 Å². The predicted octanol–water partition coefficient (Wildman–Crippen LogP) is 3.63. The van der Waals surface area contributed by atoms with Gasteiger partial charge in [-0.15, -0.1) is 0 Å². The van der Waals surface area contributed by atoms with Crippen molar-refractivity contribution in [3.05, 3.63) is 53.9 Å². The molecule has 222 valence electrons. The first-order valence-electron chi connectivity index (χ1n) is 13.5. The SMILES string of the molecule is COc1cc(N(C)CCN(C)C)c(N)cc1Nc1ncc(C(=O)OC(C)C)c(-c2cc(C(N)=O)cc3c2ccn3C)n1. The van der Waals surface area contributed by atoms with Gasteiger partial charge in [-0.2, -0.15) is 0 Å². The van der Waals surface area contributed by atoms with Gasteiger partial charge in [0.25, 0.3) is 0 Å². The highest BCUT2D eigenvalue weighted by molar-refractivity contribution is 6.06. The van der Waals surface area contributed by atoms with Crippen molar-refractivity contribution in [2.45, 2.75) is 20.0 Å². The Bertz CT molecular complexity index is 1630. The minimum absolute atomic E-state index is 0.144. The molecule has 2 heterocycles. The molecule has 0 aliphatic rings. The lowest BCUT2D eigenvalue weighted by Gasteiger charge is -2.24. The molecule has 0 spiro atoms. The van der Waals surface area contributed by atoms with E-state index >= 15 is 0 Å². The quantitative estimate of drug-likeness (QED) is 0.179. The van der Waals surface area contributed by atoms with Gasteiger partial charge in [0, 0.05) is 67.7 Å². The molecule has 5 N–H and O–H groups in total. The largest absolute Gasteiger partial charge is 0.494 e. The number of carbonyl (C=O) groups excluding carboxylic acids is 2. The third-order valence-corrected chi connectivity index (χ3v) is 6.78. The van der Waals surface area contributed by atoms with Crippen molar-refractivity contribution >= 4 is 45.8 Å². The Morgan fingerprint density at radius 1 is 1.12 bits per heavy atom. The second-order valence-electron chi connectivity index (χ2n) is 10.6. The van der Waals surface area contributed by atoms with Crippen LogP contribution in [0.5, 0.6) is 5.75 Å². The fraction of sp³-hybridized carbons (Fsp3) is 0.333. The number of carbonyl (C=O) groups is 2. The van der Waals surface area contributed by atoms with Crippen LogP contribution in [-0.4, -0.2) is 78.8 Å². The van der Waals surface area contributed by atoms with Crippen LogP contribution in [0.1, 0.15) is 34.6 Å². The Kier molecular flexibility index (Phi) is 8.86. The fourth-order valence-corrected chi connectivity index (χ4v) is 4.56. The number of aryl methyl sites for hydroxylation is 1. The van der Waals surface area contributed by atoms with Crippen molar-refractivity contribution < 1.29 is 19.1 Å². The number of hydrogen-bond donors (Lipinski definition) is 3. The molecule has 0 saturated heterocycles. The minimum Gasteiger partial charge on any atom is -0.494 e. The highest BCUT2D eigenvalue weighted by Gasteiger charge is 2.23. The van der Waals surface area contributed by atoms with Crippen LogP contribution < -0.4 is 26.4 Å². The average molecular weight is 575 g/mol. The Hall–Kier alpha value is -4.84. The number of methoxy groups -OCH3 is 1. The summed E-state index contributed by atoms with van der Waals surface area (Å²) in [6.07, 6.45) is 2.90. The molecule has 2 aromatic heterocycles. The lowest BCUT2D eigenvalue weighted by molar-refractivity contribution is 0.0378. The van der Waals surface area contributed by atoms with E-state index in [1.54, 1.807) is 39.2 Å². The van der Waals surface area contributed by atoms with E-state index in [2.05, 4.69) is 20.1 Å². The van der Waals surface area contributed by atoms with Crippen LogP contribution in [0.15, 0.2) is 42.7 Å². The summed E-state index contributed by atoms with van der Waals surface area (Å²) in [4.78, 5) is 38.7. The van der Waals surface area contributed by atoms with Gasteiger partial charge in [0.05, 0.1) is 36.0 Å². The molecule has 4 rings (SSSR count). The van der Waals surface area contributed by atoms with E-state index < -0.39 is 11.9 Å². The van der Waals surface area contributed by atoms with Crippen LogP contribution in [0.25, 0.3) is 22.2 Å². The number of fused-ring (bicyclic) bond motifs is 1. The highest BCUT2D eigenvalue weighted by Crippen LogP contribution is 2.37. The number of nitrogens with two attached hydrogens (primary N) is 2. The summed E-state index contributed by atoms with van der Waals surface area (Å²) in [5.41, 5.74) is 16.0. The lowest BCUT2D eigenvalue weighted by atomic mass is 9.99. The van der Waals surface area contributed by atoms with Gasteiger partial charge in [0.1, 0.15) is 11.3 Å². The number of benzene rings is 2. The van der Waals surface area contributed by atoms with Crippen LogP contribution in [0.4, 0.5) is 23.0 Å². The maximum Gasteiger partial charge on any atom is 0.342 e. The van der Waals surface area contributed by atoms with Gasteiger partial charge in [0.2, 0.25) is 11.9 Å². The molecule has 12 nitrogen and oxygen atoms in total. The van der Waals surface area contributed by atoms with E-state index in [-0.39, 0.29) is 28.9 Å². The number of nitrogens with one attached hydrogen (secondary N) is 1. The number of nitrogen functional groups attached to an aromatic ring is 1. The topological polar surface area (TPSA) is 154 Å². The van der Waals surface area contributed by atoms with Crippen LogP contribution in [0.2, 0.25) is 0 Å². The first-order valence-corrected chi connectivity index (χ1v) is 13.5. The summed E-state index contributed by atoms with van der Waals surface area (Å²) < 4.78 is 13.0. The molecule has 42 heavy (non-hydrogen) atoms. The zero-order valence-corrected chi connectivity index (χ0v) is 25.1. The molecule has 1 amide bonds. The average Bonchev–Trinajstić information content (AvgIpc) is 3.31. The number of nitrogens with zero attached hydrogens (tertiary/aromatic N) is 5. The maximum absolute atomic E-state index is 13.2. The number of esters is 1. The molecule has 12 heteroatoms. The molecule has 0 bridgehead atoms. The summed E-state index contributed by atoms with van der Waals surface area (Å²) in [5.74, 6) is -0.474. The molecule has 4 aromatic rings. The summed E-state index contributed by atoms with van der Waals surface area (Å²) in [6.45, 7) is 5.14. The first-order chi connectivity index (χ1) is 19.9. The van der Waals surface area contributed by atoms with E-state index in [0.717, 1.165) is 29.7 Å². The zero-order chi connectivity index (χ0) is 30.7. The zero-order valence-electron chi connectivity index (χ0n) is 25.1. The smallest absolute Gasteiger partial charge is 0.342 e. The number of anilines is 4. The van der Waals surface area contributed by atoms with E-state index in [1.807, 2.05) is 51.1 Å². The highest BCUT2D eigenvalue weighted by atomic mass is 16.5. The molecular formula is C30H38N8O4. The first kappa shape index (κ1) is 30.1. The minimum atomic E-state index is -0.603. The van der Waals surface area contributed by atoms with E-state index in [9.17, 15) is 9.59 Å². The number of aromatic nitrogens is 3. The van der Waals surface area contributed by atoms with Crippen LogP contribution in [0, 0.1) is 0 Å². The van der Waals surface area contributed by atoms with Crippen molar-refractivity contribution in [3.8, 4) is 17.0 Å². The van der Waals surface area contributed by atoms with Crippen LogP contribution in [0.3, 0.4) is 0 Å². The Morgan fingerprint density at radius 2 is 1.86 bits per heavy atom. The Balaban J connectivity index is 1.83. The van der Waals surface area contributed by atoms with Gasteiger partial charge in [0.15, 0.2) is 0 Å². The molecule has 2 aromatic carbocycles. The van der Waals surface area contributed by atoms with Crippen molar-refractivity contribution in [2.75, 3.05) is 57.3 Å². The number of likely N-dealkylation sites (N-methyl/N-ethyl adjacent to an activating group) is 2. The van der Waals surface area contributed by atoms with Crippen molar-refractivity contribution in [1.29, 1.82) is 0 Å². The lowest BCUT2D eigenvalue weighted by Crippen LogP contribution is -2.29. The molecule has 0 unspecified atom stereocenters. The summed E-state index contributed by atoms with van der Waals surface area (Å²) in [7, 11) is 9.42. The molecule has 0 atom stereocenters. The molecule has 0 aliphatic heterocycles. The normalized spacial score (nSPS) is 11.3. The third kappa shape index (κ3) is 6.39. The van der Waals surface area contributed by atoms with E-state index in [0.29, 0.717) is 22.7 Å². The Labute approximate surface area is 245 Å². The van der Waals surface area contributed by atoms with E-state index in [1.165, 1.54) is 6.20 Å². The maximum atomic E-state index is 13.2. The summed E-state index contributed by atoms with van der Waals surface area (Å²) >= 11 is 0. The monoisotopic (exact) mass is 574 g/mol. The Morgan fingerprint density at radius 3 is 2.50 bits per heavy atom. The van der Waals surface area contributed by atoms with Crippen molar-refractivity contribution in [3.63, 3.8) is 0 Å². The van der Waals surface area contributed by atoms with Gasteiger partial charge < -0.3 is 40.6 Å². The van der Waals surface area contributed by atoms with Crippen LogP contribution >= 0.6 is 0 Å². The van der Waals surface area contributed by atoms with Crippen molar-refractivity contribution in [2.24, 2.45) is 12.8 Å². The fourth-order valence-electron chi connectivity index (χ4n) is 4.56. The molecule has 0 saturated carbocycles. The van der Waals surface area contributed by atoms with Gasteiger partial charge in [-0.05, 0) is 52.2 Å². The molecular weight excluding hydrogens is 536 g/mol. The number of primary amides is 1. The second-order valence-corrected chi connectivity index (χ2v) is 10.6. The molecule has 0 aliphatic carbocycles. The summed E-state index contributed by atoms with van der Waals surface area (Å²) in [5, 5.41) is 3.96. The summed E-state index contributed by atoms with van der Waals surface area (Å²) in [6, 6.07) is 8.83. The van der Waals surface area contributed by atoms with Gasteiger partial charge in [-0.1, -0.05) is 0 Å². The molecule has 0 fully saturated rings. The standard InChI is InChI=1S/C30H38N8O4/c1-17(2)42-29(40)21-16-33-30(34-23-14-22(31)25(15-26(23)41-7)38(6)11-10-36(3)4)35-27(21)20-12-18(28(32)39)13-24-19(20)8-9-37(24)5/h8-9,12-17H,10-11,31H2,1-7H3,(H2,32,39)(H,33,34,35). The second kappa shape index (κ2) is 12.4.